The van der Waals surface area contributed by atoms with E-state index in [1.165, 1.54) is 38.5 Å². The summed E-state index contributed by atoms with van der Waals surface area (Å²) in [7, 11) is 0. The highest BCUT2D eigenvalue weighted by atomic mass is 16.6. The first-order chi connectivity index (χ1) is 11.6. The van der Waals surface area contributed by atoms with Gasteiger partial charge in [0, 0.05) is 24.9 Å². The van der Waals surface area contributed by atoms with Gasteiger partial charge in [-0.25, -0.2) is 0 Å². The number of nitro groups is 1. The van der Waals surface area contributed by atoms with Crippen molar-refractivity contribution in [3.05, 3.63) is 39.9 Å². The first-order valence-electron chi connectivity index (χ1n) is 9.37. The summed E-state index contributed by atoms with van der Waals surface area (Å²) in [4.78, 5) is 15.2. The zero-order chi connectivity index (χ0) is 17.9. The lowest BCUT2D eigenvalue weighted by Crippen LogP contribution is -2.59. The maximum atomic E-state index is 10.7. The Bertz CT molecular complexity index is 683. The second-order valence-electron chi connectivity index (χ2n) is 10.3. The minimum atomic E-state index is -0.363. The van der Waals surface area contributed by atoms with Gasteiger partial charge in [0.2, 0.25) is 0 Å². The van der Waals surface area contributed by atoms with E-state index in [9.17, 15) is 10.1 Å². The molecule has 1 aromatic carbocycles. The number of hydrogen-bond acceptors (Lipinski definition) is 3. The molecule has 0 saturated heterocycles. The average Bonchev–Trinajstić information content (AvgIpc) is 2.42. The van der Waals surface area contributed by atoms with E-state index in [2.05, 4.69) is 20.8 Å². The van der Waals surface area contributed by atoms with Crippen LogP contribution in [0.1, 0.15) is 64.9 Å². The zero-order valence-electron chi connectivity index (χ0n) is 15.5. The molecule has 134 valence electrons. The van der Waals surface area contributed by atoms with Crippen LogP contribution in [0.15, 0.2) is 29.3 Å². The number of non-ortho nitro benzene ring substituents is 1. The number of aliphatic imine (C=N–C) groups is 1. The SMILES string of the molecule is CC12CC3(C)CC(C)(C1)CC(CN=Cc1ccc([N+](=O)[O-])cc1)(C2)C3. The predicted octanol–water partition coefficient (Wildman–Crippen LogP) is 5.40. The van der Waals surface area contributed by atoms with E-state index in [-0.39, 0.29) is 10.6 Å². The molecule has 0 unspecified atom stereocenters. The van der Waals surface area contributed by atoms with Crippen molar-refractivity contribution in [2.24, 2.45) is 26.7 Å². The van der Waals surface area contributed by atoms with Crippen LogP contribution in [0.25, 0.3) is 0 Å². The minimum absolute atomic E-state index is 0.131. The van der Waals surface area contributed by atoms with Crippen LogP contribution in [0.4, 0.5) is 5.69 Å². The number of nitro benzene ring substituents is 1. The largest absolute Gasteiger partial charge is 0.292 e. The summed E-state index contributed by atoms with van der Waals surface area (Å²) in [5.41, 5.74) is 2.89. The van der Waals surface area contributed by atoms with Crippen LogP contribution in [-0.4, -0.2) is 17.7 Å². The minimum Gasteiger partial charge on any atom is -0.292 e. The van der Waals surface area contributed by atoms with Gasteiger partial charge in [-0.05, 0) is 77.9 Å². The van der Waals surface area contributed by atoms with Crippen LogP contribution in [0.3, 0.4) is 0 Å². The normalized spacial score (nSPS) is 42.2. The number of hydrogen-bond donors (Lipinski definition) is 0. The van der Waals surface area contributed by atoms with Crippen LogP contribution in [0, 0.1) is 31.8 Å². The van der Waals surface area contributed by atoms with E-state index >= 15 is 0 Å². The summed E-state index contributed by atoms with van der Waals surface area (Å²) in [5, 5.41) is 10.7. The van der Waals surface area contributed by atoms with E-state index in [1.807, 2.05) is 6.21 Å². The molecule has 0 radical (unpaired) electrons. The zero-order valence-corrected chi connectivity index (χ0v) is 15.5. The fourth-order valence-corrected chi connectivity index (χ4v) is 7.75. The Morgan fingerprint density at radius 2 is 1.44 bits per heavy atom. The van der Waals surface area contributed by atoms with Crippen molar-refractivity contribution in [1.82, 2.24) is 0 Å². The summed E-state index contributed by atoms with van der Waals surface area (Å²) < 4.78 is 0. The van der Waals surface area contributed by atoms with Crippen molar-refractivity contribution in [3.63, 3.8) is 0 Å². The molecule has 0 aliphatic heterocycles. The van der Waals surface area contributed by atoms with Crippen LogP contribution >= 0.6 is 0 Å². The Morgan fingerprint density at radius 1 is 0.960 bits per heavy atom. The van der Waals surface area contributed by atoms with Gasteiger partial charge in [-0.2, -0.15) is 0 Å². The van der Waals surface area contributed by atoms with Crippen molar-refractivity contribution >= 4 is 11.9 Å². The van der Waals surface area contributed by atoms with Gasteiger partial charge in [0.15, 0.2) is 0 Å². The molecule has 0 spiro atoms. The third-order valence-corrected chi connectivity index (χ3v) is 6.74. The van der Waals surface area contributed by atoms with Crippen molar-refractivity contribution in [2.75, 3.05) is 6.54 Å². The fourth-order valence-electron chi connectivity index (χ4n) is 7.75. The quantitative estimate of drug-likeness (QED) is 0.418. The number of rotatable bonds is 4. The summed E-state index contributed by atoms with van der Waals surface area (Å²) in [6, 6.07) is 6.67. The predicted molar refractivity (Wildman–Crippen MR) is 100 cm³/mol. The molecule has 4 fully saturated rings. The van der Waals surface area contributed by atoms with Gasteiger partial charge in [-0.15, -0.1) is 0 Å². The highest BCUT2D eigenvalue weighted by Gasteiger charge is 2.63. The van der Waals surface area contributed by atoms with E-state index in [4.69, 9.17) is 4.99 Å². The van der Waals surface area contributed by atoms with Crippen molar-refractivity contribution in [1.29, 1.82) is 0 Å². The van der Waals surface area contributed by atoms with Gasteiger partial charge in [-0.1, -0.05) is 20.8 Å². The molecule has 0 atom stereocenters. The average molecular weight is 340 g/mol. The standard InChI is InChI=1S/C21H28N2O2/c1-18-9-19(2)11-20(3,10-18)14-21(12-18,13-19)15-22-8-16-4-6-17(7-5-16)23(24)25/h4-8H,9-15H2,1-3H3. The maximum absolute atomic E-state index is 10.7. The molecule has 4 heteroatoms. The van der Waals surface area contributed by atoms with E-state index < -0.39 is 0 Å². The van der Waals surface area contributed by atoms with Gasteiger partial charge in [0.05, 0.1) is 4.92 Å². The summed E-state index contributed by atoms with van der Waals surface area (Å²) in [6.07, 6.45) is 9.96. The summed E-state index contributed by atoms with van der Waals surface area (Å²) >= 11 is 0. The first kappa shape index (κ1) is 16.7. The molecular formula is C21H28N2O2. The monoisotopic (exact) mass is 340 g/mol. The summed E-state index contributed by atoms with van der Waals surface area (Å²) in [5.74, 6) is 0. The molecule has 0 amide bonds. The highest BCUT2D eigenvalue weighted by Crippen LogP contribution is 2.73. The van der Waals surface area contributed by atoms with Gasteiger partial charge in [0.1, 0.15) is 0 Å². The third-order valence-electron chi connectivity index (χ3n) is 6.74. The van der Waals surface area contributed by atoms with E-state index in [1.54, 1.807) is 24.3 Å². The smallest absolute Gasteiger partial charge is 0.269 e. The Balaban J connectivity index is 1.51. The van der Waals surface area contributed by atoms with Gasteiger partial charge in [0.25, 0.3) is 5.69 Å². The number of benzene rings is 1. The number of nitrogens with zero attached hydrogens (tertiary/aromatic N) is 2. The molecule has 4 nitrogen and oxygen atoms in total. The molecule has 1 aromatic rings. The molecule has 0 heterocycles. The molecule has 0 N–H and O–H groups in total. The molecule has 4 bridgehead atoms. The van der Waals surface area contributed by atoms with Crippen LogP contribution < -0.4 is 0 Å². The topological polar surface area (TPSA) is 55.5 Å². The molecule has 25 heavy (non-hydrogen) atoms. The van der Waals surface area contributed by atoms with Crippen molar-refractivity contribution < 1.29 is 4.92 Å². The Morgan fingerprint density at radius 3 is 1.88 bits per heavy atom. The Hall–Kier alpha value is -1.71. The molecule has 5 rings (SSSR count). The lowest BCUT2D eigenvalue weighted by atomic mass is 9.36. The molecule has 0 aromatic heterocycles. The highest BCUT2D eigenvalue weighted by molar-refractivity contribution is 5.79. The molecule has 4 aliphatic carbocycles. The lowest BCUT2D eigenvalue weighted by Gasteiger charge is -2.69. The van der Waals surface area contributed by atoms with Gasteiger partial charge < -0.3 is 0 Å². The van der Waals surface area contributed by atoms with E-state index in [0.717, 1.165) is 12.1 Å². The van der Waals surface area contributed by atoms with Crippen molar-refractivity contribution in [3.8, 4) is 0 Å². The maximum Gasteiger partial charge on any atom is 0.269 e. The van der Waals surface area contributed by atoms with E-state index in [0.29, 0.717) is 21.7 Å². The molecule has 4 saturated carbocycles. The molecule has 4 aliphatic rings. The lowest BCUT2D eigenvalue weighted by molar-refractivity contribution is -0.384. The van der Waals surface area contributed by atoms with Crippen LogP contribution in [0.5, 0.6) is 0 Å². The van der Waals surface area contributed by atoms with Crippen LogP contribution in [0.2, 0.25) is 0 Å². The van der Waals surface area contributed by atoms with Gasteiger partial charge >= 0.3 is 0 Å². The molecular weight excluding hydrogens is 312 g/mol. The van der Waals surface area contributed by atoms with Gasteiger partial charge in [-0.3, -0.25) is 15.1 Å². The third kappa shape index (κ3) is 3.00. The second kappa shape index (κ2) is 5.15. The Labute approximate surface area is 149 Å². The van der Waals surface area contributed by atoms with Crippen LogP contribution in [-0.2, 0) is 0 Å². The first-order valence-corrected chi connectivity index (χ1v) is 9.37. The fraction of sp³-hybridized carbons (Fsp3) is 0.667. The Kier molecular flexibility index (Phi) is 3.45. The summed E-state index contributed by atoms with van der Waals surface area (Å²) in [6.45, 7) is 8.38. The van der Waals surface area contributed by atoms with Crippen molar-refractivity contribution in [2.45, 2.75) is 59.3 Å². The second-order valence-corrected chi connectivity index (χ2v) is 10.3.